The molecular formula is C9H16O3S. The van der Waals surface area contributed by atoms with Gasteiger partial charge < -0.3 is 0 Å². The maximum atomic E-state index is 11.6. The molecule has 0 aromatic heterocycles. The number of sulfone groups is 1. The van der Waals surface area contributed by atoms with Crippen LogP contribution in [0.15, 0.2) is 0 Å². The molecule has 0 radical (unpaired) electrons. The summed E-state index contributed by atoms with van der Waals surface area (Å²) >= 11 is 0. The van der Waals surface area contributed by atoms with E-state index in [9.17, 15) is 13.2 Å². The highest BCUT2D eigenvalue weighted by Crippen LogP contribution is 2.28. The molecule has 1 aliphatic rings. The number of hydrogen-bond acceptors (Lipinski definition) is 3. The highest BCUT2D eigenvalue weighted by atomic mass is 32.2. The van der Waals surface area contributed by atoms with Gasteiger partial charge in [0.1, 0.15) is 5.78 Å². The second kappa shape index (κ2) is 3.78. The van der Waals surface area contributed by atoms with Crippen LogP contribution in [0.3, 0.4) is 0 Å². The summed E-state index contributed by atoms with van der Waals surface area (Å²) in [5.74, 6) is 0.0381. The lowest BCUT2D eigenvalue weighted by atomic mass is 10.1. The Kier molecular flexibility index (Phi) is 3.11. The second-order valence-corrected chi connectivity index (χ2v) is 6.04. The molecule has 0 bridgehead atoms. The van der Waals surface area contributed by atoms with Gasteiger partial charge in [-0.25, -0.2) is 8.42 Å². The van der Waals surface area contributed by atoms with Crippen LogP contribution in [0.2, 0.25) is 0 Å². The van der Waals surface area contributed by atoms with Crippen LogP contribution < -0.4 is 0 Å². The van der Waals surface area contributed by atoms with Gasteiger partial charge in [-0.05, 0) is 12.8 Å². The molecule has 0 aromatic rings. The van der Waals surface area contributed by atoms with E-state index in [-0.39, 0.29) is 17.5 Å². The number of Topliss-reactive ketones (excluding diaryl/α,β-unsaturated/α-hetero) is 1. The van der Waals surface area contributed by atoms with Crippen molar-refractivity contribution < 1.29 is 13.2 Å². The van der Waals surface area contributed by atoms with Gasteiger partial charge in [0.2, 0.25) is 0 Å². The summed E-state index contributed by atoms with van der Waals surface area (Å²) in [6, 6.07) is 0. The molecular weight excluding hydrogens is 188 g/mol. The molecule has 0 saturated heterocycles. The van der Waals surface area contributed by atoms with Crippen molar-refractivity contribution in [2.45, 2.75) is 38.4 Å². The van der Waals surface area contributed by atoms with E-state index >= 15 is 0 Å². The minimum atomic E-state index is -3.01. The van der Waals surface area contributed by atoms with Crippen LogP contribution in [0.5, 0.6) is 0 Å². The predicted molar refractivity (Wildman–Crippen MR) is 51.3 cm³/mol. The van der Waals surface area contributed by atoms with Crippen molar-refractivity contribution in [2.75, 3.05) is 5.75 Å². The molecule has 2 atom stereocenters. The Hall–Kier alpha value is -0.380. The summed E-state index contributed by atoms with van der Waals surface area (Å²) in [6.45, 7) is 3.58. The molecule has 0 amide bonds. The van der Waals surface area contributed by atoms with Crippen LogP contribution >= 0.6 is 0 Å². The van der Waals surface area contributed by atoms with Crippen LogP contribution in [0.1, 0.15) is 33.1 Å². The van der Waals surface area contributed by atoms with Gasteiger partial charge in [0, 0.05) is 12.3 Å². The van der Waals surface area contributed by atoms with Crippen molar-refractivity contribution in [3.8, 4) is 0 Å². The van der Waals surface area contributed by atoms with E-state index in [0.717, 1.165) is 0 Å². The zero-order chi connectivity index (χ0) is 10.1. The Labute approximate surface area is 79.4 Å². The Morgan fingerprint density at radius 3 is 2.46 bits per heavy atom. The van der Waals surface area contributed by atoms with Gasteiger partial charge >= 0.3 is 0 Å². The average molecular weight is 204 g/mol. The highest BCUT2D eigenvalue weighted by Gasteiger charge is 2.39. The summed E-state index contributed by atoms with van der Waals surface area (Å²) in [5.41, 5.74) is 0. The van der Waals surface area contributed by atoms with Gasteiger partial charge in [-0.2, -0.15) is 0 Å². The summed E-state index contributed by atoms with van der Waals surface area (Å²) in [7, 11) is -3.01. The maximum Gasteiger partial charge on any atom is 0.153 e. The molecule has 0 heterocycles. The standard InChI is InChI=1S/C9H16O3S/c1-3-6-13(11,12)9-5-4-8(10)7(9)2/h7,9H,3-6H2,1-2H3. The third kappa shape index (κ3) is 2.10. The van der Waals surface area contributed by atoms with E-state index in [2.05, 4.69) is 0 Å². The number of hydrogen-bond donors (Lipinski definition) is 0. The summed E-state index contributed by atoms with van der Waals surface area (Å²) < 4.78 is 23.3. The number of rotatable bonds is 3. The summed E-state index contributed by atoms with van der Waals surface area (Å²) in [5, 5.41) is -0.403. The predicted octanol–water partition coefficient (Wildman–Crippen LogP) is 1.18. The van der Waals surface area contributed by atoms with Gasteiger partial charge in [-0.15, -0.1) is 0 Å². The van der Waals surface area contributed by atoms with Crippen LogP contribution in [-0.4, -0.2) is 25.2 Å². The first-order valence-corrected chi connectivity index (χ1v) is 6.45. The second-order valence-electron chi connectivity index (χ2n) is 3.70. The van der Waals surface area contributed by atoms with Crippen LogP contribution in [0, 0.1) is 5.92 Å². The van der Waals surface area contributed by atoms with Gasteiger partial charge in [0.05, 0.1) is 11.0 Å². The molecule has 2 unspecified atom stereocenters. The molecule has 76 valence electrons. The molecule has 1 fully saturated rings. The van der Waals surface area contributed by atoms with Crippen molar-refractivity contribution in [3.63, 3.8) is 0 Å². The monoisotopic (exact) mass is 204 g/mol. The van der Waals surface area contributed by atoms with E-state index in [4.69, 9.17) is 0 Å². The molecule has 0 N–H and O–H groups in total. The third-order valence-corrected chi connectivity index (χ3v) is 5.23. The van der Waals surface area contributed by atoms with Crippen molar-refractivity contribution in [2.24, 2.45) is 5.92 Å². The minimum absolute atomic E-state index is 0.102. The summed E-state index contributed by atoms with van der Waals surface area (Å²) in [4.78, 5) is 11.2. The Bertz CT molecular complexity index is 292. The topological polar surface area (TPSA) is 51.2 Å². The van der Waals surface area contributed by atoms with Crippen LogP contribution in [0.4, 0.5) is 0 Å². The molecule has 0 aliphatic heterocycles. The van der Waals surface area contributed by atoms with Gasteiger partial charge in [-0.1, -0.05) is 13.8 Å². The van der Waals surface area contributed by atoms with E-state index in [1.54, 1.807) is 6.92 Å². The lowest BCUT2D eigenvalue weighted by Crippen LogP contribution is -2.28. The molecule has 3 nitrogen and oxygen atoms in total. The first kappa shape index (κ1) is 10.7. The van der Waals surface area contributed by atoms with Crippen molar-refractivity contribution >= 4 is 15.6 Å². The minimum Gasteiger partial charge on any atom is -0.299 e. The average Bonchev–Trinajstić information content (AvgIpc) is 2.33. The fourth-order valence-corrected chi connectivity index (χ4v) is 4.02. The first-order chi connectivity index (χ1) is 5.99. The zero-order valence-corrected chi connectivity index (χ0v) is 8.93. The van der Waals surface area contributed by atoms with E-state index < -0.39 is 15.1 Å². The highest BCUT2D eigenvalue weighted by molar-refractivity contribution is 7.92. The number of carbonyl (C=O) groups is 1. The van der Waals surface area contributed by atoms with E-state index in [0.29, 0.717) is 19.3 Å². The maximum absolute atomic E-state index is 11.6. The molecule has 1 saturated carbocycles. The SMILES string of the molecule is CCCS(=O)(=O)C1CCC(=O)C1C. The molecule has 0 spiro atoms. The van der Waals surface area contributed by atoms with Crippen molar-refractivity contribution in [1.29, 1.82) is 0 Å². The Morgan fingerprint density at radius 2 is 2.08 bits per heavy atom. The Morgan fingerprint density at radius 1 is 1.46 bits per heavy atom. The third-order valence-electron chi connectivity index (χ3n) is 2.69. The van der Waals surface area contributed by atoms with Gasteiger partial charge in [0.15, 0.2) is 9.84 Å². The fourth-order valence-electron chi connectivity index (χ4n) is 1.90. The van der Waals surface area contributed by atoms with E-state index in [1.165, 1.54) is 0 Å². The van der Waals surface area contributed by atoms with Crippen molar-refractivity contribution in [3.05, 3.63) is 0 Å². The van der Waals surface area contributed by atoms with Crippen molar-refractivity contribution in [1.82, 2.24) is 0 Å². The fraction of sp³-hybridized carbons (Fsp3) is 0.889. The lowest BCUT2D eigenvalue weighted by molar-refractivity contribution is -0.120. The number of ketones is 1. The first-order valence-electron chi connectivity index (χ1n) is 4.73. The molecule has 1 rings (SSSR count). The molecule has 0 aromatic carbocycles. The zero-order valence-electron chi connectivity index (χ0n) is 8.12. The largest absolute Gasteiger partial charge is 0.299 e. The summed E-state index contributed by atoms with van der Waals surface area (Å²) in [6.07, 6.45) is 1.61. The van der Waals surface area contributed by atoms with Gasteiger partial charge in [0.25, 0.3) is 0 Å². The smallest absolute Gasteiger partial charge is 0.153 e. The normalized spacial score (nSPS) is 29.5. The number of carbonyl (C=O) groups excluding carboxylic acids is 1. The van der Waals surface area contributed by atoms with E-state index in [1.807, 2.05) is 6.92 Å². The molecule has 13 heavy (non-hydrogen) atoms. The lowest BCUT2D eigenvalue weighted by Gasteiger charge is -2.13. The van der Waals surface area contributed by atoms with Crippen LogP contribution in [-0.2, 0) is 14.6 Å². The molecule has 4 heteroatoms. The quantitative estimate of drug-likeness (QED) is 0.693. The Balaban J connectivity index is 2.79. The van der Waals surface area contributed by atoms with Gasteiger partial charge in [-0.3, -0.25) is 4.79 Å². The van der Waals surface area contributed by atoms with Crippen LogP contribution in [0.25, 0.3) is 0 Å². The molecule has 1 aliphatic carbocycles.